The normalized spacial score (nSPS) is 16.5. The Balaban J connectivity index is 1.13. The lowest BCUT2D eigenvalue weighted by atomic mass is 10.1. The number of benzene rings is 3. The van der Waals surface area contributed by atoms with Gasteiger partial charge in [0.1, 0.15) is 18.5 Å². The van der Waals surface area contributed by atoms with Crippen molar-refractivity contribution in [1.29, 1.82) is 0 Å². The van der Waals surface area contributed by atoms with E-state index in [4.69, 9.17) is 4.74 Å². The summed E-state index contributed by atoms with van der Waals surface area (Å²) < 4.78 is 32.6. The highest BCUT2D eigenvalue weighted by atomic mass is 19.2. The number of aliphatic hydroxyl groups excluding tert-OH is 1. The van der Waals surface area contributed by atoms with E-state index in [0.717, 1.165) is 59.3 Å². The Morgan fingerprint density at radius 3 is 2.45 bits per heavy atom. The Morgan fingerprint density at radius 1 is 0.879 bits per heavy atom. The minimum atomic E-state index is -0.819. The molecule has 0 spiro atoms. The third kappa shape index (κ3) is 4.85. The molecule has 2 N–H and O–H groups in total. The number of fused-ring (bicyclic) bond motifs is 3. The Kier molecular flexibility index (Phi) is 6.26. The molecular weight excluding hydrogens is 424 g/mol. The van der Waals surface area contributed by atoms with Gasteiger partial charge in [-0.3, -0.25) is 9.80 Å². The fraction of sp³-hybridized carbons (Fsp3) is 0.308. The average molecular weight is 452 g/mol. The van der Waals surface area contributed by atoms with Crippen molar-refractivity contribution in [2.75, 3.05) is 39.3 Å². The number of piperazine rings is 1. The molecule has 0 bridgehead atoms. The van der Waals surface area contributed by atoms with Crippen LogP contribution in [0.4, 0.5) is 8.78 Å². The monoisotopic (exact) mass is 451 g/mol. The molecule has 0 radical (unpaired) electrons. The van der Waals surface area contributed by atoms with Crippen molar-refractivity contribution < 1.29 is 18.6 Å². The molecular formula is C26H27F2N3O2. The smallest absolute Gasteiger partial charge is 0.159 e. The number of hydrogen-bond donors (Lipinski definition) is 2. The number of aromatic amines is 1. The zero-order chi connectivity index (χ0) is 22.8. The van der Waals surface area contributed by atoms with Gasteiger partial charge in [0.2, 0.25) is 0 Å². The van der Waals surface area contributed by atoms with E-state index in [-0.39, 0.29) is 6.61 Å². The van der Waals surface area contributed by atoms with Crippen molar-refractivity contribution in [3.05, 3.63) is 77.9 Å². The number of H-pyrrole nitrogens is 1. The highest BCUT2D eigenvalue weighted by molar-refractivity contribution is 6.10. The molecule has 1 aromatic heterocycles. The maximum atomic E-state index is 13.4. The maximum absolute atomic E-state index is 13.4. The molecule has 5 rings (SSSR count). The molecule has 1 aliphatic rings. The van der Waals surface area contributed by atoms with Gasteiger partial charge in [-0.15, -0.1) is 0 Å². The maximum Gasteiger partial charge on any atom is 0.159 e. The first kappa shape index (κ1) is 21.8. The van der Waals surface area contributed by atoms with E-state index < -0.39 is 17.7 Å². The Hall–Kier alpha value is -3.00. The van der Waals surface area contributed by atoms with Crippen LogP contribution in [0.2, 0.25) is 0 Å². The van der Waals surface area contributed by atoms with Crippen LogP contribution >= 0.6 is 0 Å². The molecule has 0 amide bonds. The summed E-state index contributed by atoms with van der Waals surface area (Å²) in [5.41, 5.74) is 2.84. The number of nitrogens with zero attached hydrogens (tertiary/aromatic N) is 2. The number of aromatic nitrogens is 1. The van der Waals surface area contributed by atoms with E-state index in [9.17, 15) is 13.9 Å². The molecule has 33 heavy (non-hydrogen) atoms. The second-order valence-corrected chi connectivity index (χ2v) is 8.64. The molecule has 1 saturated heterocycles. The topological polar surface area (TPSA) is 51.7 Å². The van der Waals surface area contributed by atoms with Crippen LogP contribution in [0.3, 0.4) is 0 Å². The molecule has 0 saturated carbocycles. The van der Waals surface area contributed by atoms with E-state index >= 15 is 0 Å². The second-order valence-electron chi connectivity index (χ2n) is 8.64. The molecule has 4 aromatic rings. The largest absolute Gasteiger partial charge is 0.490 e. The van der Waals surface area contributed by atoms with Crippen LogP contribution in [-0.2, 0) is 6.54 Å². The second kappa shape index (κ2) is 9.47. The summed E-state index contributed by atoms with van der Waals surface area (Å²) in [6.45, 7) is 4.56. The van der Waals surface area contributed by atoms with Gasteiger partial charge in [0.15, 0.2) is 11.6 Å². The van der Waals surface area contributed by atoms with Gasteiger partial charge in [-0.2, -0.15) is 0 Å². The van der Waals surface area contributed by atoms with Crippen LogP contribution in [0.5, 0.6) is 5.75 Å². The Bertz CT molecular complexity index is 1250. The third-order valence-corrected chi connectivity index (χ3v) is 6.25. The minimum absolute atomic E-state index is 0.216. The standard InChI is InChI=1S/C26H27F2N3O2/c27-21-9-8-18(14-22(21)28)15-30-10-12-31(13-11-30)16-19(32)17-33-25-7-3-6-24-26(25)20-4-1-2-5-23(20)29-24/h1-9,14,19,29,32H,10-13,15-17H2. The Labute approximate surface area is 191 Å². The lowest BCUT2D eigenvalue weighted by Crippen LogP contribution is -2.48. The summed E-state index contributed by atoms with van der Waals surface area (Å²) >= 11 is 0. The fourth-order valence-corrected chi connectivity index (χ4v) is 4.55. The number of aliphatic hydroxyl groups is 1. The molecule has 1 fully saturated rings. The summed E-state index contributed by atoms with van der Waals surface area (Å²) in [5, 5.41) is 12.7. The zero-order valence-corrected chi connectivity index (χ0v) is 18.3. The molecule has 1 atom stereocenters. The van der Waals surface area contributed by atoms with Crippen LogP contribution in [0.1, 0.15) is 5.56 Å². The third-order valence-electron chi connectivity index (χ3n) is 6.25. The summed E-state index contributed by atoms with van der Waals surface area (Å²) in [6.07, 6.45) is -0.608. The fourth-order valence-electron chi connectivity index (χ4n) is 4.55. The molecule has 5 nitrogen and oxygen atoms in total. The van der Waals surface area contributed by atoms with Crippen LogP contribution in [0.25, 0.3) is 21.8 Å². The highest BCUT2D eigenvalue weighted by Crippen LogP contribution is 2.33. The molecule has 1 unspecified atom stereocenters. The average Bonchev–Trinajstić information content (AvgIpc) is 3.21. The van der Waals surface area contributed by atoms with Crippen molar-refractivity contribution in [3.63, 3.8) is 0 Å². The van der Waals surface area contributed by atoms with Gasteiger partial charge >= 0.3 is 0 Å². The van der Waals surface area contributed by atoms with Gasteiger partial charge < -0.3 is 14.8 Å². The van der Waals surface area contributed by atoms with Crippen LogP contribution in [0.15, 0.2) is 60.7 Å². The van der Waals surface area contributed by atoms with Gasteiger partial charge in [-0.1, -0.05) is 30.3 Å². The number of hydrogen-bond acceptors (Lipinski definition) is 4. The van der Waals surface area contributed by atoms with E-state index in [0.29, 0.717) is 13.1 Å². The van der Waals surface area contributed by atoms with Crippen LogP contribution < -0.4 is 4.74 Å². The van der Waals surface area contributed by atoms with Crippen molar-refractivity contribution >= 4 is 21.8 Å². The minimum Gasteiger partial charge on any atom is -0.490 e. The number of β-amino-alcohol motifs (C(OH)–C–C–N with tert-alkyl or cyclic N) is 1. The van der Waals surface area contributed by atoms with Crippen molar-refractivity contribution in [2.45, 2.75) is 12.6 Å². The summed E-state index contributed by atoms with van der Waals surface area (Å²) in [5.74, 6) is -0.862. The van der Waals surface area contributed by atoms with Gasteiger partial charge in [0, 0.05) is 55.6 Å². The quantitative estimate of drug-likeness (QED) is 0.443. The summed E-state index contributed by atoms with van der Waals surface area (Å²) in [6, 6.07) is 18.1. The summed E-state index contributed by atoms with van der Waals surface area (Å²) in [7, 11) is 0. The molecule has 3 aromatic carbocycles. The number of para-hydroxylation sites is 1. The Morgan fingerprint density at radius 2 is 1.64 bits per heavy atom. The van der Waals surface area contributed by atoms with E-state index in [1.54, 1.807) is 6.07 Å². The van der Waals surface area contributed by atoms with Gasteiger partial charge in [-0.05, 0) is 35.9 Å². The van der Waals surface area contributed by atoms with E-state index in [1.165, 1.54) is 12.1 Å². The molecule has 1 aliphatic heterocycles. The van der Waals surface area contributed by atoms with Crippen molar-refractivity contribution in [2.24, 2.45) is 0 Å². The molecule has 0 aliphatic carbocycles. The highest BCUT2D eigenvalue weighted by Gasteiger charge is 2.20. The number of halogens is 2. The first-order valence-electron chi connectivity index (χ1n) is 11.3. The van der Waals surface area contributed by atoms with Gasteiger partial charge in [0.05, 0.1) is 5.52 Å². The lowest BCUT2D eigenvalue weighted by Gasteiger charge is -2.35. The predicted octanol–water partition coefficient (Wildman–Crippen LogP) is 4.16. The van der Waals surface area contributed by atoms with E-state index in [1.807, 2.05) is 36.4 Å². The van der Waals surface area contributed by atoms with Crippen molar-refractivity contribution in [1.82, 2.24) is 14.8 Å². The zero-order valence-electron chi connectivity index (χ0n) is 18.3. The van der Waals surface area contributed by atoms with Crippen LogP contribution in [-0.4, -0.2) is 65.3 Å². The molecule has 7 heteroatoms. The number of nitrogens with one attached hydrogen (secondary N) is 1. The number of ether oxygens (including phenoxy) is 1. The van der Waals surface area contributed by atoms with Gasteiger partial charge in [-0.25, -0.2) is 8.78 Å². The van der Waals surface area contributed by atoms with Crippen molar-refractivity contribution in [3.8, 4) is 5.75 Å². The number of rotatable bonds is 7. The lowest BCUT2D eigenvalue weighted by molar-refractivity contribution is 0.0450. The predicted molar refractivity (Wildman–Crippen MR) is 125 cm³/mol. The van der Waals surface area contributed by atoms with E-state index in [2.05, 4.69) is 20.9 Å². The molecule has 172 valence electrons. The van der Waals surface area contributed by atoms with Gasteiger partial charge in [0.25, 0.3) is 0 Å². The first-order valence-corrected chi connectivity index (χ1v) is 11.3. The SMILES string of the molecule is OC(COc1cccc2[nH]c3ccccc3c12)CN1CCN(Cc2ccc(F)c(F)c2)CC1. The van der Waals surface area contributed by atoms with Crippen LogP contribution in [0, 0.1) is 11.6 Å². The first-order chi connectivity index (χ1) is 16.1. The summed E-state index contributed by atoms with van der Waals surface area (Å²) in [4.78, 5) is 7.83. The molecule has 2 heterocycles.